The quantitative estimate of drug-likeness (QED) is 0.299. The van der Waals surface area contributed by atoms with E-state index in [0.717, 1.165) is 39.1 Å². The van der Waals surface area contributed by atoms with Crippen LogP contribution in [0.2, 0.25) is 5.02 Å². The minimum Gasteiger partial charge on any atom is -0.478 e. The van der Waals surface area contributed by atoms with Crippen LogP contribution in [0, 0.1) is 6.92 Å². The molecule has 1 aromatic heterocycles. The highest BCUT2D eigenvalue weighted by atomic mass is 35.5. The lowest BCUT2D eigenvalue weighted by atomic mass is 9.89. The number of aromatic carboxylic acids is 1. The topological polar surface area (TPSA) is 70.5 Å². The van der Waals surface area contributed by atoms with Crippen LogP contribution in [0.1, 0.15) is 53.2 Å². The van der Waals surface area contributed by atoms with Gasteiger partial charge in [-0.05, 0) is 90.9 Å². The lowest BCUT2D eigenvalue weighted by Gasteiger charge is -2.23. The van der Waals surface area contributed by atoms with E-state index >= 15 is 0 Å². The summed E-state index contributed by atoms with van der Waals surface area (Å²) in [5, 5.41) is 10.3. The number of benzene rings is 3. The van der Waals surface area contributed by atoms with Crippen LogP contribution in [-0.2, 0) is 10.2 Å². The highest BCUT2D eigenvalue weighted by molar-refractivity contribution is 6.34. The Hall–Kier alpha value is -3.96. The van der Waals surface area contributed by atoms with E-state index in [-0.39, 0.29) is 23.4 Å². The van der Waals surface area contributed by atoms with E-state index in [2.05, 4.69) is 35.3 Å². The highest BCUT2D eigenvalue weighted by Gasteiger charge is 2.67. The molecular formula is C32H27ClN2O3. The number of nitrogens with zero attached hydrogens (tertiary/aromatic N) is 2. The van der Waals surface area contributed by atoms with Crippen LogP contribution in [0.25, 0.3) is 22.3 Å². The monoisotopic (exact) mass is 522 g/mol. The molecule has 190 valence electrons. The first-order valence-electron chi connectivity index (χ1n) is 12.7. The number of carboxylic acids is 1. The van der Waals surface area contributed by atoms with E-state index in [0.29, 0.717) is 17.0 Å². The van der Waals surface area contributed by atoms with Crippen molar-refractivity contribution in [2.75, 3.05) is 4.90 Å². The summed E-state index contributed by atoms with van der Waals surface area (Å²) >= 11 is 6.85. The van der Waals surface area contributed by atoms with Crippen molar-refractivity contribution >= 4 is 29.2 Å². The molecule has 1 fully saturated rings. The molecule has 1 saturated carbocycles. The van der Waals surface area contributed by atoms with Crippen molar-refractivity contribution in [3.8, 4) is 22.3 Å². The maximum atomic E-state index is 14.0. The number of aryl methyl sites for hydroxylation is 1. The zero-order valence-corrected chi connectivity index (χ0v) is 22.2. The van der Waals surface area contributed by atoms with E-state index in [4.69, 9.17) is 11.6 Å². The predicted molar refractivity (Wildman–Crippen MR) is 150 cm³/mol. The first-order valence-corrected chi connectivity index (χ1v) is 13.1. The number of pyridine rings is 1. The Balaban J connectivity index is 1.44. The Morgan fingerprint density at radius 2 is 1.66 bits per heavy atom. The molecule has 38 heavy (non-hydrogen) atoms. The van der Waals surface area contributed by atoms with Gasteiger partial charge < -0.3 is 10.0 Å². The van der Waals surface area contributed by atoms with Gasteiger partial charge >= 0.3 is 5.97 Å². The molecule has 0 bridgehead atoms. The molecule has 4 aromatic rings. The molecule has 1 aliphatic carbocycles. The molecule has 1 aliphatic heterocycles. The molecule has 0 saturated heterocycles. The summed E-state index contributed by atoms with van der Waals surface area (Å²) in [5.74, 6) is -0.976. The molecule has 1 N–H and O–H groups in total. The number of anilines is 1. The van der Waals surface area contributed by atoms with Crippen molar-refractivity contribution in [2.24, 2.45) is 0 Å². The second-order valence-electron chi connectivity index (χ2n) is 10.5. The molecular weight excluding hydrogens is 496 g/mol. The number of carbonyl (C=O) groups is 2. The normalized spacial score (nSPS) is 19.8. The third kappa shape index (κ3) is 3.64. The lowest BCUT2D eigenvalue weighted by Crippen LogP contribution is -2.38. The number of aromatic nitrogens is 1. The van der Waals surface area contributed by atoms with Gasteiger partial charge in [-0.1, -0.05) is 48.0 Å². The first kappa shape index (κ1) is 24.4. The van der Waals surface area contributed by atoms with Gasteiger partial charge in [-0.25, -0.2) is 4.79 Å². The zero-order valence-electron chi connectivity index (χ0n) is 21.4. The number of hydrogen-bond acceptors (Lipinski definition) is 3. The van der Waals surface area contributed by atoms with E-state index in [1.807, 2.05) is 49.1 Å². The second-order valence-corrected chi connectivity index (χ2v) is 10.9. The van der Waals surface area contributed by atoms with Gasteiger partial charge in [0.1, 0.15) is 0 Å². The van der Waals surface area contributed by atoms with E-state index in [9.17, 15) is 14.7 Å². The molecule has 1 spiro atoms. The van der Waals surface area contributed by atoms with Crippen LogP contribution in [0.4, 0.5) is 5.69 Å². The van der Waals surface area contributed by atoms with Gasteiger partial charge in [0.15, 0.2) is 0 Å². The van der Waals surface area contributed by atoms with Crippen molar-refractivity contribution in [1.29, 1.82) is 0 Å². The molecule has 0 radical (unpaired) electrons. The molecule has 3 aromatic carbocycles. The Morgan fingerprint density at radius 1 is 1.00 bits per heavy atom. The number of amides is 1. The van der Waals surface area contributed by atoms with Crippen LogP contribution in [0.3, 0.4) is 0 Å². The van der Waals surface area contributed by atoms with Crippen LogP contribution in [0.5, 0.6) is 0 Å². The van der Waals surface area contributed by atoms with Gasteiger partial charge in [0.25, 0.3) is 0 Å². The van der Waals surface area contributed by atoms with Crippen molar-refractivity contribution < 1.29 is 14.7 Å². The number of halogens is 1. The Bertz CT molecular complexity index is 1600. The molecule has 1 amide bonds. The van der Waals surface area contributed by atoms with Crippen molar-refractivity contribution in [3.63, 3.8) is 0 Å². The maximum absolute atomic E-state index is 14.0. The SMILES string of the molecule is Cc1ccc(C2CC23C(=O)N(C(C)C)c2cc(Cl)c(-c4ccc(-c5ccncc5)cc4)cc23)cc1C(=O)O. The second kappa shape index (κ2) is 8.81. The fourth-order valence-electron chi connectivity index (χ4n) is 5.97. The third-order valence-corrected chi connectivity index (χ3v) is 8.32. The van der Waals surface area contributed by atoms with Gasteiger partial charge in [0.05, 0.1) is 16.0 Å². The maximum Gasteiger partial charge on any atom is 0.335 e. The van der Waals surface area contributed by atoms with E-state index in [1.54, 1.807) is 25.4 Å². The molecule has 2 heterocycles. The molecule has 6 rings (SSSR count). The van der Waals surface area contributed by atoms with Gasteiger partial charge in [-0.2, -0.15) is 0 Å². The summed E-state index contributed by atoms with van der Waals surface area (Å²) in [4.78, 5) is 31.7. The van der Waals surface area contributed by atoms with Gasteiger partial charge in [0.2, 0.25) is 5.91 Å². The summed E-state index contributed by atoms with van der Waals surface area (Å²) in [6, 6.07) is 21.7. The van der Waals surface area contributed by atoms with Crippen LogP contribution >= 0.6 is 11.6 Å². The summed E-state index contributed by atoms with van der Waals surface area (Å²) in [6.45, 7) is 5.80. The first-order chi connectivity index (χ1) is 18.2. The molecule has 2 unspecified atom stereocenters. The highest BCUT2D eigenvalue weighted by Crippen LogP contribution is 2.67. The fraction of sp³-hybridized carbons (Fsp3) is 0.219. The average Bonchev–Trinajstić information content (AvgIpc) is 3.61. The van der Waals surface area contributed by atoms with Crippen molar-refractivity contribution in [1.82, 2.24) is 4.98 Å². The van der Waals surface area contributed by atoms with E-state index in [1.165, 1.54) is 0 Å². The number of carboxylic acid groups (broad SMARTS) is 1. The largest absolute Gasteiger partial charge is 0.478 e. The number of hydrogen-bond donors (Lipinski definition) is 1. The number of fused-ring (bicyclic) bond motifs is 2. The van der Waals surface area contributed by atoms with Crippen molar-refractivity contribution in [2.45, 2.75) is 44.6 Å². The average molecular weight is 523 g/mol. The minimum absolute atomic E-state index is 0.0314. The smallest absolute Gasteiger partial charge is 0.335 e. The summed E-state index contributed by atoms with van der Waals surface area (Å²) < 4.78 is 0. The predicted octanol–water partition coefficient (Wildman–Crippen LogP) is 7.26. The fourth-order valence-corrected chi connectivity index (χ4v) is 6.23. The minimum atomic E-state index is -0.953. The molecule has 6 heteroatoms. The van der Waals surface area contributed by atoms with Gasteiger partial charge in [-0.15, -0.1) is 0 Å². The Kier molecular flexibility index (Phi) is 5.65. The number of rotatable bonds is 5. The van der Waals surface area contributed by atoms with Crippen LogP contribution in [-0.4, -0.2) is 28.0 Å². The summed E-state index contributed by atoms with van der Waals surface area (Å²) in [5.41, 5.74) is 7.01. The van der Waals surface area contributed by atoms with E-state index < -0.39 is 11.4 Å². The molecule has 2 aliphatic rings. The van der Waals surface area contributed by atoms with Crippen molar-refractivity contribution in [3.05, 3.63) is 106 Å². The molecule has 5 nitrogen and oxygen atoms in total. The summed E-state index contributed by atoms with van der Waals surface area (Å²) in [6.07, 6.45) is 4.19. The van der Waals surface area contributed by atoms with Gasteiger partial charge in [0, 0.05) is 35.6 Å². The Labute approximate surface area is 226 Å². The van der Waals surface area contributed by atoms with Gasteiger partial charge in [-0.3, -0.25) is 9.78 Å². The zero-order chi connectivity index (χ0) is 26.8. The molecule has 2 atom stereocenters. The van der Waals surface area contributed by atoms with Crippen LogP contribution in [0.15, 0.2) is 79.1 Å². The van der Waals surface area contributed by atoms with Crippen LogP contribution < -0.4 is 4.90 Å². The standard InChI is InChI=1S/C32H27ClN2O3/c1-18(2)35-29-16-28(33)25(22-8-6-20(7-9-22)21-10-12-34-13-11-21)15-26(29)32(31(35)38)17-27(32)23-5-4-19(3)24(14-23)30(36)37/h4-16,18,27H,17H2,1-3H3,(H,36,37). The third-order valence-electron chi connectivity index (χ3n) is 8.01. The lowest BCUT2D eigenvalue weighted by molar-refractivity contribution is -0.120. The Morgan fingerprint density at radius 3 is 2.32 bits per heavy atom. The number of carbonyl (C=O) groups excluding carboxylic acids is 1. The summed E-state index contributed by atoms with van der Waals surface area (Å²) in [7, 11) is 0.